The highest BCUT2D eigenvalue weighted by Gasteiger charge is 2.24. The third-order valence-electron chi connectivity index (χ3n) is 1.87. The minimum Gasteiger partial charge on any atom is -0.480 e. The Hall–Kier alpha value is -2.12. The number of rotatable bonds is 4. The van der Waals surface area contributed by atoms with Gasteiger partial charge >= 0.3 is 12.1 Å². The lowest BCUT2D eigenvalue weighted by Gasteiger charge is -2.21. The Morgan fingerprint density at radius 3 is 2.67 bits per heavy atom. The molecule has 100 valence electrons. The van der Waals surface area contributed by atoms with E-state index >= 15 is 0 Å². The van der Waals surface area contributed by atoms with Gasteiger partial charge in [0.05, 0.1) is 5.69 Å². The van der Waals surface area contributed by atoms with Crippen LogP contribution < -0.4 is 5.32 Å². The molecule has 1 aromatic rings. The molecule has 0 saturated heterocycles. The highest BCUT2D eigenvalue weighted by atomic mass is 16.6. The van der Waals surface area contributed by atoms with E-state index in [9.17, 15) is 9.59 Å². The molecular formula is C10H16N4O4. The van der Waals surface area contributed by atoms with Crippen LogP contribution in [0.1, 0.15) is 26.5 Å². The van der Waals surface area contributed by atoms with Gasteiger partial charge in [-0.15, -0.1) is 5.10 Å². The zero-order valence-electron chi connectivity index (χ0n) is 10.4. The van der Waals surface area contributed by atoms with Crippen LogP contribution in [0.15, 0.2) is 6.20 Å². The summed E-state index contributed by atoms with van der Waals surface area (Å²) in [4.78, 5) is 22.5. The van der Waals surface area contributed by atoms with Gasteiger partial charge in [0.15, 0.2) is 0 Å². The van der Waals surface area contributed by atoms with Crippen LogP contribution in [0.2, 0.25) is 0 Å². The Morgan fingerprint density at radius 2 is 2.22 bits per heavy atom. The van der Waals surface area contributed by atoms with Crippen molar-refractivity contribution in [1.29, 1.82) is 0 Å². The molecule has 1 atom stereocenters. The molecule has 0 fully saturated rings. The SMILES string of the molecule is CC(C)(C)OC(=O)N[C@@H](Cc1c[nH]nn1)C(=O)O. The van der Waals surface area contributed by atoms with Crippen molar-refractivity contribution in [3.8, 4) is 0 Å². The predicted octanol–water partition coefficient (Wildman–Crippen LogP) is 0.325. The zero-order valence-corrected chi connectivity index (χ0v) is 10.4. The van der Waals surface area contributed by atoms with E-state index in [2.05, 4.69) is 20.7 Å². The summed E-state index contributed by atoms with van der Waals surface area (Å²) >= 11 is 0. The number of H-pyrrole nitrogens is 1. The number of carbonyl (C=O) groups is 2. The van der Waals surface area contributed by atoms with Gasteiger partial charge < -0.3 is 15.2 Å². The van der Waals surface area contributed by atoms with E-state index in [0.29, 0.717) is 5.69 Å². The maximum Gasteiger partial charge on any atom is 0.408 e. The van der Waals surface area contributed by atoms with Gasteiger partial charge in [-0.25, -0.2) is 9.59 Å². The molecule has 0 aliphatic heterocycles. The lowest BCUT2D eigenvalue weighted by atomic mass is 10.1. The van der Waals surface area contributed by atoms with E-state index in [1.807, 2.05) is 0 Å². The van der Waals surface area contributed by atoms with Crippen molar-refractivity contribution in [1.82, 2.24) is 20.7 Å². The number of ether oxygens (including phenoxy) is 1. The lowest BCUT2D eigenvalue weighted by molar-refractivity contribution is -0.139. The van der Waals surface area contributed by atoms with E-state index in [1.54, 1.807) is 20.8 Å². The van der Waals surface area contributed by atoms with Gasteiger partial charge in [-0.2, -0.15) is 0 Å². The lowest BCUT2D eigenvalue weighted by Crippen LogP contribution is -2.44. The van der Waals surface area contributed by atoms with Crippen molar-refractivity contribution >= 4 is 12.1 Å². The number of carboxylic acids is 1. The third-order valence-corrected chi connectivity index (χ3v) is 1.87. The van der Waals surface area contributed by atoms with E-state index in [4.69, 9.17) is 9.84 Å². The minimum atomic E-state index is -1.16. The minimum absolute atomic E-state index is 0.0328. The molecule has 0 unspecified atom stereocenters. The molecule has 0 saturated carbocycles. The first-order valence-electron chi connectivity index (χ1n) is 5.35. The summed E-state index contributed by atoms with van der Waals surface area (Å²) in [5.41, 5.74) is -0.237. The number of alkyl carbamates (subject to hydrolysis) is 1. The molecule has 18 heavy (non-hydrogen) atoms. The number of aromatic nitrogens is 3. The molecule has 1 aromatic heterocycles. The van der Waals surface area contributed by atoms with Gasteiger partial charge in [0.1, 0.15) is 11.6 Å². The van der Waals surface area contributed by atoms with Crippen molar-refractivity contribution in [2.45, 2.75) is 38.8 Å². The Kier molecular flexibility index (Phi) is 4.24. The molecule has 1 amide bonds. The van der Waals surface area contributed by atoms with Crippen LogP contribution in [0, 0.1) is 0 Å². The number of amides is 1. The number of nitrogens with zero attached hydrogens (tertiary/aromatic N) is 2. The maximum atomic E-state index is 11.5. The van der Waals surface area contributed by atoms with Gasteiger partial charge in [-0.1, -0.05) is 5.21 Å². The van der Waals surface area contributed by atoms with Crippen LogP contribution in [0.4, 0.5) is 4.79 Å². The number of hydrogen-bond acceptors (Lipinski definition) is 5. The van der Waals surface area contributed by atoms with Crippen LogP contribution in [0.5, 0.6) is 0 Å². The second-order valence-corrected chi connectivity index (χ2v) is 4.71. The van der Waals surface area contributed by atoms with Crippen molar-refractivity contribution in [2.75, 3.05) is 0 Å². The van der Waals surface area contributed by atoms with Crippen molar-refractivity contribution in [3.63, 3.8) is 0 Å². The molecule has 0 spiro atoms. The molecule has 0 aliphatic carbocycles. The first-order chi connectivity index (χ1) is 8.28. The fourth-order valence-electron chi connectivity index (χ4n) is 1.18. The summed E-state index contributed by atoms with van der Waals surface area (Å²) in [7, 11) is 0. The molecule has 0 radical (unpaired) electrons. The van der Waals surface area contributed by atoms with Crippen LogP contribution in [-0.4, -0.2) is 44.2 Å². The zero-order chi connectivity index (χ0) is 13.8. The molecule has 8 heteroatoms. The Morgan fingerprint density at radius 1 is 1.56 bits per heavy atom. The number of nitrogens with one attached hydrogen (secondary N) is 2. The monoisotopic (exact) mass is 256 g/mol. The van der Waals surface area contributed by atoms with Crippen LogP contribution in [-0.2, 0) is 16.0 Å². The number of aliphatic carboxylic acids is 1. The normalized spacial score (nSPS) is 12.8. The molecule has 1 heterocycles. The van der Waals surface area contributed by atoms with Gasteiger partial charge in [0.25, 0.3) is 0 Å². The molecule has 1 rings (SSSR count). The highest BCUT2D eigenvalue weighted by Crippen LogP contribution is 2.07. The predicted molar refractivity (Wildman–Crippen MR) is 60.9 cm³/mol. The topological polar surface area (TPSA) is 117 Å². The van der Waals surface area contributed by atoms with Gasteiger partial charge in [-0.3, -0.25) is 5.10 Å². The fraction of sp³-hybridized carbons (Fsp3) is 0.600. The molecule has 0 bridgehead atoms. The van der Waals surface area contributed by atoms with E-state index in [1.165, 1.54) is 6.20 Å². The second kappa shape index (κ2) is 5.48. The van der Waals surface area contributed by atoms with Crippen LogP contribution in [0.3, 0.4) is 0 Å². The summed E-state index contributed by atoms with van der Waals surface area (Å²) < 4.78 is 4.98. The fourth-order valence-corrected chi connectivity index (χ4v) is 1.18. The maximum absolute atomic E-state index is 11.5. The molecule has 0 aromatic carbocycles. The van der Waals surface area contributed by atoms with E-state index < -0.39 is 23.7 Å². The third kappa shape index (κ3) is 4.81. The summed E-state index contributed by atoms with van der Waals surface area (Å²) in [5, 5.41) is 20.8. The number of hydrogen-bond donors (Lipinski definition) is 3. The summed E-state index contributed by atoms with van der Waals surface area (Å²) in [6.45, 7) is 5.08. The first-order valence-corrected chi connectivity index (χ1v) is 5.35. The average molecular weight is 256 g/mol. The standard InChI is InChI=1S/C10H16N4O4/c1-10(2,3)18-9(17)12-7(8(15)16)4-6-5-11-14-13-6/h5,7H,4H2,1-3H3,(H,12,17)(H,15,16)(H,11,13,14)/t7-/m0/s1. The van der Waals surface area contributed by atoms with Gasteiger partial charge in [0.2, 0.25) is 0 Å². The quantitative estimate of drug-likeness (QED) is 0.714. The van der Waals surface area contributed by atoms with E-state index in [0.717, 1.165) is 0 Å². The Labute approximate surface area is 104 Å². The average Bonchev–Trinajstić information content (AvgIpc) is 2.66. The van der Waals surface area contributed by atoms with E-state index in [-0.39, 0.29) is 6.42 Å². The Balaban J connectivity index is 2.58. The molecular weight excluding hydrogens is 240 g/mol. The number of carbonyl (C=O) groups excluding carboxylic acids is 1. The molecule has 3 N–H and O–H groups in total. The van der Waals surface area contributed by atoms with Crippen LogP contribution >= 0.6 is 0 Å². The summed E-state index contributed by atoms with van der Waals surface area (Å²) in [6.07, 6.45) is 0.719. The van der Waals surface area contributed by atoms with Gasteiger partial charge in [0, 0.05) is 12.6 Å². The van der Waals surface area contributed by atoms with Crippen molar-refractivity contribution in [2.24, 2.45) is 0 Å². The van der Waals surface area contributed by atoms with Crippen molar-refractivity contribution in [3.05, 3.63) is 11.9 Å². The van der Waals surface area contributed by atoms with Gasteiger partial charge in [-0.05, 0) is 20.8 Å². The highest BCUT2D eigenvalue weighted by molar-refractivity contribution is 5.80. The first kappa shape index (κ1) is 13.9. The number of aromatic amines is 1. The van der Waals surface area contributed by atoms with Crippen molar-refractivity contribution < 1.29 is 19.4 Å². The summed E-state index contributed by atoms with van der Waals surface area (Å²) in [5.74, 6) is -1.16. The number of carboxylic acid groups (broad SMARTS) is 1. The summed E-state index contributed by atoms with van der Waals surface area (Å²) in [6, 6.07) is -1.11. The largest absolute Gasteiger partial charge is 0.480 e. The molecule has 0 aliphatic rings. The Bertz CT molecular complexity index is 410. The second-order valence-electron chi connectivity index (χ2n) is 4.71. The van der Waals surface area contributed by atoms with Crippen LogP contribution in [0.25, 0.3) is 0 Å². The smallest absolute Gasteiger partial charge is 0.408 e. The molecule has 8 nitrogen and oxygen atoms in total.